The maximum atomic E-state index is 13.9. The number of nitrogens with one attached hydrogen (secondary N) is 1. The van der Waals surface area contributed by atoms with E-state index in [4.69, 9.17) is 0 Å². The average Bonchev–Trinajstić information content (AvgIpc) is 3.14. The fourth-order valence-electron chi connectivity index (χ4n) is 6.47. The van der Waals surface area contributed by atoms with Crippen LogP contribution in [0.4, 0.5) is 0 Å². The summed E-state index contributed by atoms with van der Waals surface area (Å²) in [5.74, 6) is 0.299. The van der Waals surface area contributed by atoms with Gasteiger partial charge in [0.25, 0.3) is 0 Å². The van der Waals surface area contributed by atoms with E-state index in [0.29, 0.717) is 30.5 Å². The Bertz CT molecular complexity index is 926. The largest absolute Gasteiger partial charge is 0.334 e. The number of carbonyl (C=O) groups is 1. The Morgan fingerprint density at radius 1 is 1.23 bits per heavy atom. The van der Waals surface area contributed by atoms with Crippen LogP contribution >= 0.6 is 11.3 Å². The van der Waals surface area contributed by atoms with Crippen LogP contribution in [0.15, 0.2) is 30.3 Å². The Morgan fingerprint density at radius 2 is 2.00 bits per heavy atom. The van der Waals surface area contributed by atoms with Crippen LogP contribution in [0, 0.1) is 19.3 Å². The Balaban J connectivity index is 1.50. The first-order chi connectivity index (χ1) is 14.5. The van der Waals surface area contributed by atoms with E-state index in [1.54, 1.807) is 11.3 Å². The maximum absolute atomic E-state index is 13.9. The van der Waals surface area contributed by atoms with Crippen LogP contribution in [0.1, 0.15) is 60.2 Å². The van der Waals surface area contributed by atoms with Gasteiger partial charge in [-0.05, 0) is 45.1 Å². The number of hydrogen-bond acceptors (Lipinski definition) is 4. The fraction of sp³-hybridized carbons (Fsp3) is 0.600. The average molecular weight is 424 g/mol. The molecule has 1 aromatic carbocycles. The van der Waals surface area contributed by atoms with Gasteiger partial charge in [0.2, 0.25) is 5.91 Å². The number of amides is 1. The van der Waals surface area contributed by atoms with Crippen molar-refractivity contribution in [3.8, 4) is 0 Å². The molecule has 2 aliphatic heterocycles. The lowest BCUT2D eigenvalue weighted by molar-refractivity contribution is -0.142. The minimum absolute atomic E-state index is 0.197. The number of hydrogen-bond donors (Lipinski definition) is 1. The molecule has 160 valence electrons. The second kappa shape index (κ2) is 7.76. The van der Waals surface area contributed by atoms with Crippen LogP contribution in [-0.2, 0) is 17.6 Å². The SMILES string of the molecule is Cc1nc(C)c(CC(=O)N2[C@@H](Cc3ccccc3)[C@@H]3C[C@@]4(C)[C@H](CCCC[C@@H]24)N3)s1. The first kappa shape index (κ1) is 20.2. The molecule has 5 atom stereocenters. The number of rotatable bonds is 4. The molecule has 5 rings (SSSR count). The summed E-state index contributed by atoms with van der Waals surface area (Å²) in [4.78, 5) is 21.9. The van der Waals surface area contributed by atoms with E-state index in [1.807, 2.05) is 13.8 Å². The Kier molecular flexibility index (Phi) is 5.22. The summed E-state index contributed by atoms with van der Waals surface area (Å²) >= 11 is 1.68. The van der Waals surface area contributed by atoms with Gasteiger partial charge in [0.15, 0.2) is 0 Å². The molecule has 30 heavy (non-hydrogen) atoms. The zero-order valence-electron chi connectivity index (χ0n) is 18.4. The smallest absolute Gasteiger partial charge is 0.228 e. The van der Waals surface area contributed by atoms with Gasteiger partial charge in [0, 0.05) is 28.4 Å². The summed E-state index contributed by atoms with van der Waals surface area (Å²) < 4.78 is 0. The number of benzene rings is 1. The fourth-order valence-corrected chi connectivity index (χ4v) is 7.40. The van der Waals surface area contributed by atoms with Crippen molar-refractivity contribution in [2.45, 2.75) is 89.9 Å². The normalized spacial score (nSPS) is 32.8. The van der Waals surface area contributed by atoms with E-state index in [2.05, 4.69) is 52.5 Å². The van der Waals surface area contributed by atoms with Crippen molar-refractivity contribution < 1.29 is 4.79 Å². The van der Waals surface area contributed by atoms with Crippen LogP contribution < -0.4 is 5.32 Å². The van der Waals surface area contributed by atoms with E-state index in [0.717, 1.165) is 28.4 Å². The third-order valence-corrected chi connectivity index (χ3v) is 8.97. The summed E-state index contributed by atoms with van der Waals surface area (Å²) in [5.41, 5.74) is 2.55. The van der Waals surface area contributed by atoms with Crippen molar-refractivity contribution in [2.75, 3.05) is 0 Å². The molecule has 1 amide bonds. The molecule has 0 radical (unpaired) electrons. The molecule has 1 saturated carbocycles. The van der Waals surface area contributed by atoms with Crippen molar-refractivity contribution in [1.29, 1.82) is 0 Å². The van der Waals surface area contributed by atoms with Crippen LogP contribution in [0.5, 0.6) is 0 Å². The lowest BCUT2D eigenvalue weighted by Crippen LogP contribution is -2.62. The summed E-state index contributed by atoms with van der Waals surface area (Å²) in [6.07, 6.45) is 7.51. The van der Waals surface area contributed by atoms with Crippen molar-refractivity contribution in [3.05, 3.63) is 51.5 Å². The third kappa shape index (κ3) is 3.40. The summed E-state index contributed by atoms with van der Waals surface area (Å²) in [5, 5.41) is 5.05. The van der Waals surface area contributed by atoms with Gasteiger partial charge in [-0.1, -0.05) is 50.1 Å². The van der Waals surface area contributed by atoms with Gasteiger partial charge in [-0.15, -0.1) is 11.3 Å². The predicted molar refractivity (Wildman–Crippen MR) is 122 cm³/mol. The highest BCUT2D eigenvalue weighted by molar-refractivity contribution is 7.11. The van der Waals surface area contributed by atoms with E-state index in [-0.39, 0.29) is 11.5 Å². The molecule has 3 fully saturated rings. The molecule has 5 heteroatoms. The van der Waals surface area contributed by atoms with Crippen LogP contribution in [0.2, 0.25) is 0 Å². The zero-order valence-corrected chi connectivity index (χ0v) is 19.2. The van der Waals surface area contributed by atoms with Crippen molar-refractivity contribution in [3.63, 3.8) is 0 Å². The molecular formula is C25H33N3OS. The van der Waals surface area contributed by atoms with E-state index >= 15 is 0 Å². The lowest BCUT2D eigenvalue weighted by atomic mass is 9.69. The summed E-state index contributed by atoms with van der Waals surface area (Å²) in [6, 6.07) is 12.2. The molecule has 2 aromatic rings. The molecule has 0 unspecified atom stereocenters. The molecule has 3 heterocycles. The van der Waals surface area contributed by atoms with Crippen molar-refractivity contribution >= 4 is 17.2 Å². The van der Waals surface area contributed by atoms with Crippen LogP contribution in [0.25, 0.3) is 0 Å². The third-order valence-electron chi connectivity index (χ3n) is 7.90. The number of fused-ring (bicyclic) bond motifs is 1. The number of thiazole rings is 1. The molecule has 4 nitrogen and oxygen atoms in total. The maximum Gasteiger partial charge on any atom is 0.228 e. The lowest BCUT2D eigenvalue weighted by Gasteiger charge is -2.51. The number of aromatic nitrogens is 1. The molecule has 3 aliphatic rings. The summed E-state index contributed by atoms with van der Waals surface area (Å²) in [6.45, 7) is 6.52. The van der Waals surface area contributed by atoms with Gasteiger partial charge < -0.3 is 10.2 Å². The molecule has 2 bridgehead atoms. The molecule has 1 N–H and O–H groups in total. The molecule has 0 spiro atoms. The number of nitrogens with zero attached hydrogens (tertiary/aromatic N) is 2. The highest BCUT2D eigenvalue weighted by Gasteiger charge is 2.59. The van der Waals surface area contributed by atoms with Crippen molar-refractivity contribution in [1.82, 2.24) is 15.2 Å². The molecule has 1 aliphatic carbocycles. The number of likely N-dealkylation sites (tertiary alicyclic amines) is 1. The highest BCUT2D eigenvalue weighted by Crippen LogP contribution is 2.51. The van der Waals surface area contributed by atoms with Gasteiger partial charge in [-0.3, -0.25) is 4.79 Å². The van der Waals surface area contributed by atoms with Gasteiger partial charge in [-0.2, -0.15) is 0 Å². The quantitative estimate of drug-likeness (QED) is 0.791. The molecule has 1 aromatic heterocycles. The number of aryl methyl sites for hydroxylation is 2. The van der Waals surface area contributed by atoms with Gasteiger partial charge in [0.1, 0.15) is 0 Å². The first-order valence-electron chi connectivity index (χ1n) is 11.5. The number of piperidine rings is 1. The predicted octanol–water partition coefficient (Wildman–Crippen LogP) is 4.44. The molecule has 2 saturated heterocycles. The van der Waals surface area contributed by atoms with Gasteiger partial charge in [0.05, 0.1) is 23.2 Å². The Labute approximate surface area is 184 Å². The van der Waals surface area contributed by atoms with Crippen molar-refractivity contribution in [2.24, 2.45) is 5.41 Å². The van der Waals surface area contributed by atoms with Crippen LogP contribution in [-0.4, -0.2) is 40.0 Å². The second-order valence-electron chi connectivity index (χ2n) is 9.81. The Morgan fingerprint density at radius 3 is 2.73 bits per heavy atom. The van der Waals surface area contributed by atoms with Gasteiger partial charge in [-0.25, -0.2) is 4.98 Å². The molecular weight excluding hydrogens is 390 g/mol. The standard InChI is InChI=1S/C25H33N3OS/c1-16-21(30-17(2)26-16)14-24(29)28-20(13-18-9-5-4-6-10-18)19-15-25(3)22(27-19)11-7-8-12-23(25)28/h4-6,9-10,19-20,22-23,27H,7-8,11-15H2,1-3H3/t19-,20-,22-,23+,25-/m0/s1. The van der Waals surface area contributed by atoms with E-state index < -0.39 is 0 Å². The Hall–Kier alpha value is -1.72. The van der Waals surface area contributed by atoms with E-state index in [9.17, 15) is 4.79 Å². The number of carbonyl (C=O) groups excluding carboxylic acids is 1. The van der Waals surface area contributed by atoms with E-state index in [1.165, 1.54) is 31.2 Å². The topological polar surface area (TPSA) is 45.2 Å². The highest BCUT2D eigenvalue weighted by atomic mass is 32.1. The first-order valence-corrected chi connectivity index (χ1v) is 12.3. The van der Waals surface area contributed by atoms with Gasteiger partial charge >= 0.3 is 0 Å². The summed E-state index contributed by atoms with van der Waals surface area (Å²) in [7, 11) is 0. The minimum atomic E-state index is 0.197. The zero-order chi connectivity index (χ0) is 20.9. The minimum Gasteiger partial charge on any atom is -0.334 e. The monoisotopic (exact) mass is 423 g/mol. The van der Waals surface area contributed by atoms with Crippen LogP contribution in [0.3, 0.4) is 0 Å². The second-order valence-corrected chi connectivity index (χ2v) is 11.1.